The molecule has 9 heteroatoms. The molecule has 0 bridgehead atoms. The van der Waals surface area contributed by atoms with Gasteiger partial charge in [-0.15, -0.1) is 13.2 Å². The van der Waals surface area contributed by atoms with E-state index in [9.17, 15) is 0 Å². The molecule has 38 heavy (non-hydrogen) atoms. The Labute approximate surface area is 235 Å². The highest BCUT2D eigenvalue weighted by molar-refractivity contribution is 7.04. The van der Waals surface area contributed by atoms with Crippen LogP contribution < -0.4 is 15.6 Å². The Morgan fingerprint density at radius 1 is 0.474 bits per heavy atom. The van der Waals surface area contributed by atoms with Crippen LogP contribution in [-0.2, 0) is 16.5 Å². The van der Waals surface area contributed by atoms with Crippen molar-refractivity contribution in [1.29, 1.82) is 0 Å². The van der Waals surface area contributed by atoms with Crippen molar-refractivity contribution >= 4 is 57.9 Å². The summed E-state index contributed by atoms with van der Waals surface area (Å²) in [5.74, 6) is 0. The zero-order valence-electron chi connectivity index (χ0n) is 23.9. The maximum absolute atomic E-state index is 7.57. The van der Waals surface area contributed by atoms with E-state index in [1.54, 1.807) is 0 Å². The molecule has 0 aliphatic carbocycles. The number of hydrogen-bond acceptors (Lipinski definition) is 4. The molecule has 3 aromatic rings. The summed E-state index contributed by atoms with van der Waals surface area (Å²) < 4.78 is 28.7. The van der Waals surface area contributed by atoms with E-state index in [4.69, 9.17) is 16.5 Å². The molecule has 0 N–H and O–H groups in total. The first-order valence-corrected chi connectivity index (χ1v) is 25.9. The molecular weight excluding hydrogens is 553 g/mol. The van der Waals surface area contributed by atoms with E-state index >= 15 is 0 Å². The van der Waals surface area contributed by atoms with Crippen molar-refractivity contribution in [3.05, 3.63) is 116 Å². The van der Waals surface area contributed by atoms with Crippen LogP contribution in [0.5, 0.6) is 0 Å². The second-order valence-corrected chi connectivity index (χ2v) is 29.3. The summed E-state index contributed by atoms with van der Waals surface area (Å²) in [6, 6.07) is 31.2. The van der Waals surface area contributed by atoms with Gasteiger partial charge in [-0.2, -0.15) is 0 Å². The molecule has 0 fully saturated rings. The van der Waals surface area contributed by atoms with Crippen molar-refractivity contribution in [2.75, 3.05) is 0 Å². The van der Waals surface area contributed by atoms with Crippen LogP contribution in [0.1, 0.15) is 0 Å². The van der Waals surface area contributed by atoms with Crippen LogP contribution in [0.3, 0.4) is 0 Å². The van der Waals surface area contributed by atoms with Crippen LogP contribution in [0, 0.1) is 0 Å². The fourth-order valence-corrected chi connectivity index (χ4v) is 24.7. The zero-order valence-corrected chi connectivity index (χ0v) is 28.9. The van der Waals surface area contributed by atoms with Gasteiger partial charge in [-0.05, 0) is 56.2 Å². The van der Waals surface area contributed by atoms with E-state index in [1.165, 1.54) is 0 Å². The van der Waals surface area contributed by atoms with Crippen LogP contribution in [0.4, 0.5) is 0 Å². The Morgan fingerprint density at radius 3 is 1.24 bits per heavy atom. The van der Waals surface area contributed by atoms with Crippen LogP contribution >= 0.6 is 0 Å². The predicted molar refractivity (Wildman–Crippen MR) is 173 cm³/mol. The first-order chi connectivity index (χ1) is 17.8. The van der Waals surface area contributed by atoms with Gasteiger partial charge in [-0.3, -0.25) is 0 Å². The first kappa shape index (κ1) is 30.6. The maximum Gasteiger partial charge on any atom is 0.508 e. The summed E-state index contributed by atoms with van der Waals surface area (Å²) in [4.78, 5) is 0. The van der Waals surface area contributed by atoms with Gasteiger partial charge >= 0.3 is 17.4 Å². The minimum atomic E-state index is -3.60. The second kappa shape index (κ2) is 12.1. The largest absolute Gasteiger partial charge is 0.508 e. The zero-order chi connectivity index (χ0) is 28.1. The Balaban J connectivity index is 2.30. The molecule has 3 aromatic carbocycles. The van der Waals surface area contributed by atoms with E-state index in [-0.39, 0.29) is 0 Å². The van der Waals surface area contributed by atoms with Gasteiger partial charge in [-0.1, -0.05) is 102 Å². The number of hydrogen-bond donors (Lipinski definition) is 0. The molecule has 0 aromatic heterocycles. The Hall–Kier alpha value is -1.94. The fraction of sp³-hybridized carbons (Fsp3) is 0.241. The van der Waals surface area contributed by atoms with Gasteiger partial charge in [0.1, 0.15) is 0 Å². The minimum Gasteiger partial charge on any atom is -0.433 e. The second-order valence-electron chi connectivity index (χ2n) is 11.1. The van der Waals surface area contributed by atoms with Gasteiger partial charge in [0.05, 0.1) is 0 Å². The quantitative estimate of drug-likeness (QED) is 0.233. The van der Waals surface area contributed by atoms with Crippen molar-refractivity contribution in [2.45, 2.75) is 45.8 Å². The molecule has 0 amide bonds. The molecule has 0 saturated carbocycles. The molecule has 1 atom stereocenters. The normalized spacial score (nSPS) is 14.5. The lowest BCUT2D eigenvalue weighted by Crippen LogP contribution is -2.74. The highest BCUT2D eigenvalue weighted by Crippen LogP contribution is 2.28. The lowest BCUT2D eigenvalue weighted by atomic mass is 10.4. The van der Waals surface area contributed by atoms with Crippen LogP contribution in [0.15, 0.2) is 116 Å². The van der Waals surface area contributed by atoms with Gasteiger partial charge in [0.15, 0.2) is 8.32 Å². The smallest absolute Gasteiger partial charge is 0.433 e. The van der Waals surface area contributed by atoms with E-state index < -0.39 is 42.3 Å². The molecule has 202 valence electrons. The third kappa shape index (κ3) is 7.59. The molecule has 0 aliphatic rings. The van der Waals surface area contributed by atoms with Gasteiger partial charge in [-0.25, -0.2) is 0 Å². The Kier molecular flexibility index (Phi) is 9.72. The highest BCUT2D eigenvalue weighted by atomic mass is 28.5. The van der Waals surface area contributed by atoms with E-state index in [0.717, 1.165) is 15.6 Å². The Bertz CT molecular complexity index is 1160. The van der Waals surface area contributed by atoms with E-state index in [2.05, 4.69) is 120 Å². The van der Waals surface area contributed by atoms with Gasteiger partial charge < -0.3 is 16.5 Å². The fourth-order valence-electron chi connectivity index (χ4n) is 4.35. The molecule has 0 heterocycles. The van der Waals surface area contributed by atoms with Crippen molar-refractivity contribution in [3.8, 4) is 0 Å². The van der Waals surface area contributed by atoms with Gasteiger partial charge in [0, 0.05) is 5.19 Å². The topological polar surface area (TPSA) is 36.9 Å². The first-order valence-electron chi connectivity index (χ1n) is 13.0. The van der Waals surface area contributed by atoms with Crippen molar-refractivity contribution in [1.82, 2.24) is 0 Å². The molecular formula is C29H42O4Si5. The average molecular weight is 595 g/mol. The molecule has 0 spiro atoms. The SMILES string of the molecule is C=C[Si](C)(C)O[Si](C)(C)O[Si](O[Si](C)(C)C=C)(O[Si](C)(c1ccccc1)c1ccccc1)c1ccccc1. The molecule has 0 radical (unpaired) electrons. The molecule has 3 rings (SSSR count). The number of rotatable bonds is 13. The van der Waals surface area contributed by atoms with Crippen LogP contribution in [-0.4, -0.2) is 42.3 Å². The van der Waals surface area contributed by atoms with Crippen molar-refractivity contribution < 1.29 is 16.5 Å². The monoisotopic (exact) mass is 594 g/mol. The maximum atomic E-state index is 7.57. The van der Waals surface area contributed by atoms with E-state index in [0.29, 0.717) is 0 Å². The van der Waals surface area contributed by atoms with Crippen LogP contribution in [0.2, 0.25) is 45.8 Å². The lowest BCUT2D eigenvalue weighted by Gasteiger charge is -2.46. The average Bonchev–Trinajstić information content (AvgIpc) is 2.89. The molecule has 4 nitrogen and oxygen atoms in total. The third-order valence-electron chi connectivity index (χ3n) is 6.38. The highest BCUT2D eigenvalue weighted by Gasteiger charge is 2.57. The van der Waals surface area contributed by atoms with Gasteiger partial charge in [0.2, 0.25) is 16.6 Å². The standard InChI is InChI=1S/C29H42O4Si5/c1-10-34(3,4)30-36(7,8)32-38(31-35(5,6)11-2,29-25-19-14-20-26-29)33-37(9,27-21-15-12-16-22-27)28-23-17-13-18-24-28/h10-26H,1-2H2,3-9H3. The van der Waals surface area contributed by atoms with E-state index in [1.807, 2.05) is 41.7 Å². The minimum absolute atomic E-state index is 0.940. The summed E-state index contributed by atoms with van der Waals surface area (Å²) in [6.45, 7) is 23.1. The summed E-state index contributed by atoms with van der Waals surface area (Å²) in [6.07, 6.45) is 0. The molecule has 1 unspecified atom stereocenters. The van der Waals surface area contributed by atoms with Crippen molar-refractivity contribution in [2.24, 2.45) is 0 Å². The van der Waals surface area contributed by atoms with Gasteiger partial charge in [0.25, 0.3) is 0 Å². The number of benzene rings is 3. The van der Waals surface area contributed by atoms with Crippen LogP contribution in [0.25, 0.3) is 0 Å². The van der Waals surface area contributed by atoms with Crippen molar-refractivity contribution in [3.63, 3.8) is 0 Å². The summed E-state index contributed by atoms with van der Waals surface area (Å²) >= 11 is 0. The molecule has 0 saturated heterocycles. The Morgan fingerprint density at radius 2 is 0.842 bits per heavy atom. The third-order valence-corrected chi connectivity index (χ3v) is 25.3. The summed E-state index contributed by atoms with van der Waals surface area (Å²) in [7, 11) is -13.8. The summed E-state index contributed by atoms with van der Waals surface area (Å²) in [5.41, 5.74) is 3.90. The lowest BCUT2D eigenvalue weighted by molar-refractivity contribution is 0.248. The predicted octanol–water partition coefficient (Wildman–Crippen LogP) is 5.85. The summed E-state index contributed by atoms with van der Waals surface area (Å²) in [5, 5.41) is 3.26. The molecule has 0 aliphatic heterocycles.